The highest BCUT2D eigenvalue weighted by Gasteiger charge is 2.13. The van der Waals surface area contributed by atoms with Crippen LogP contribution in [-0.2, 0) is 6.54 Å². The molecule has 4 aromatic rings. The quantitative estimate of drug-likeness (QED) is 0.414. The van der Waals surface area contributed by atoms with E-state index in [2.05, 4.69) is 42.2 Å². The molecule has 0 fully saturated rings. The molecule has 32 heavy (non-hydrogen) atoms. The SMILES string of the molecule is O=C(NNC(=O)c1ccc(F)cc1Br)c1ccc(Cn2nnc(-c3ccccc3)n2)cc1. The van der Waals surface area contributed by atoms with E-state index < -0.39 is 17.6 Å². The molecule has 2 N–H and O–H groups in total. The number of amides is 2. The highest BCUT2D eigenvalue weighted by molar-refractivity contribution is 9.10. The highest BCUT2D eigenvalue weighted by atomic mass is 79.9. The van der Waals surface area contributed by atoms with Gasteiger partial charge in [-0.25, -0.2) is 4.39 Å². The van der Waals surface area contributed by atoms with Crippen molar-refractivity contribution in [2.24, 2.45) is 0 Å². The minimum absolute atomic E-state index is 0.192. The number of benzene rings is 3. The van der Waals surface area contributed by atoms with E-state index in [0.717, 1.165) is 17.2 Å². The second-order valence-electron chi connectivity index (χ2n) is 6.74. The van der Waals surface area contributed by atoms with Crippen LogP contribution in [0.15, 0.2) is 77.3 Å². The van der Waals surface area contributed by atoms with E-state index in [-0.39, 0.29) is 10.0 Å². The molecule has 10 heteroatoms. The zero-order chi connectivity index (χ0) is 22.5. The Morgan fingerprint density at radius 3 is 2.38 bits per heavy atom. The minimum atomic E-state index is -0.576. The molecule has 0 aliphatic rings. The third kappa shape index (κ3) is 5.03. The van der Waals surface area contributed by atoms with Crippen LogP contribution >= 0.6 is 15.9 Å². The number of hydrogen-bond acceptors (Lipinski definition) is 5. The van der Waals surface area contributed by atoms with Crippen LogP contribution in [0.5, 0.6) is 0 Å². The summed E-state index contributed by atoms with van der Waals surface area (Å²) in [5.41, 5.74) is 6.93. The van der Waals surface area contributed by atoms with E-state index in [1.54, 1.807) is 24.3 Å². The van der Waals surface area contributed by atoms with Gasteiger partial charge in [0.2, 0.25) is 5.82 Å². The summed E-state index contributed by atoms with van der Waals surface area (Å²) < 4.78 is 13.4. The first-order valence-electron chi connectivity index (χ1n) is 9.47. The maximum atomic E-state index is 13.2. The van der Waals surface area contributed by atoms with Gasteiger partial charge in [-0.05, 0) is 57.0 Å². The first-order valence-corrected chi connectivity index (χ1v) is 10.3. The summed E-state index contributed by atoms with van der Waals surface area (Å²) in [6.45, 7) is 0.386. The summed E-state index contributed by atoms with van der Waals surface area (Å²) in [4.78, 5) is 26.0. The predicted molar refractivity (Wildman–Crippen MR) is 118 cm³/mol. The van der Waals surface area contributed by atoms with Gasteiger partial charge in [-0.1, -0.05) is 42.5 Å². The number of tetrazole rings is 1. The Morgan fingerprint density at radius 2 is 1.66 bits per heavy atom. The third-order valence-electron chi connectivity index (χ3n) is 4.49. The molecule has 0 saturated carbocycles. The van der Waals surface area contributed by atoms with Gasteiger partial charge in [0, 0.05) is 15.6 Å². The summed E-state index contributed by atoms with van der Waals surface area (Å²) in [7, 11) is 0. The number of hydrogen-bond donors (Lipinski definition) is 2. The van der Waals surface area contributed by atoms with E-state index in [4.69, 9.17) is 0 Å². The molecule has 0 saturated heterocycles. The normalized spacial score (nSPS) is 10.6. The van der Waals surface area contributed by atoms with Crippen LogP contribution in [0.3, 0.4) is 0 Å². The van der Waals surface area contributed by atoms with Gasteiger partial charge < -0.3 is 0 Å². The molecule has 0 aliphatic heterocycles. The zero-order valence-corrected chi connectivity index (χ0v) is 18.1. The average Bonchev–Trinajstić information content (AvgIpc) is 3.27. The standard InChI is InChI=1S/C22H16BrFN6O2/c23-19-12-17(24)10-11-18(19)22(32)27-26-21(31)16-8-6-14(7-9-16)13-30-28-20(25-29-30)15-4-2-1-3-5-15/h1-12H,13H2,(H,26,31)(H,27,32). The fraction of sp³-hybridized carbons (Fsp3) is 0.0455. The van der Waals surface area contributed by atoms with Crippen molar-refractivity contribution in [1.82, 2.24) is 31.1 Å². The molecule has 0 unspecified atom stereocenters. The zero-order valence-electron chi connectivity index (χ0n) is 16.5. The first-order chi connectivity index (χ1) is 15.5. The van der Waals surface area contributed by atoms with E-state index in [1.165, 1.54) is 16.9 Å². The molecule has 1 heterocycles. The van der Waals surface area contributed by atoms with E-state index in [1.807, 2.05) is 30.3 Å². The molecule has 2 amide bonds. The summed E-state index contributed by atoms with van der Waals surface area (Å²) in [5.74, 6) is -1.01. The average molecular weight is 495 g/mol. The maximum absolute atomic E-state index is 13.2. The maximum Gasteiger partial charge on any atom is 0.270 e. The molecular formula is C22H16BrFN6O2. The summed E-state index contributed by atoms with van der Waals surface area (Å²) >= 11 is 3.12. The number of rotatable bonds is 5. The number of aromatic nitrogens is 4. The highest BCUT2D eigenvalue weighted by Crippen LogP contribution is 2.17. The van der Waals surface area contributed by atoms with Crippen molar-refractivity contribution in [3.8, 4) is 11.4 Å². The van der Waals surface area contributed by atoms with Crippen LogP contribution in [0.2, 0.25) is 0 Å². The van der Waals surface area contributed by atoms with Crippen molar-refractivity contribution in [3.05, 3.63) is 99.8 Å². The summed E-state index contributed by atoms with van der Waals surface area (Å²) in [6, 6.07) is 20.0. The Kier molecular flexibility index (Phi) is 6.31. The second kappa shape index (κ2) is 9.48. The Balaban J connectivity index is 1.34. The van der Waals surface area contributed by atoms with Crippen LogP contribution in [-0.4, -0.2) is 32.0 Å². The van der Waals surface area contributed by atoms with Gasteiger partial charge >= 0.3 is 0 Å². The van der Waals surface area contributed by atoms with Crippen molar-refractivity contribution in [2.45, 2.75) is 6.54 Å². The van der Waals surface area contributed by atoms with Crippen LogP contribution in [0.1, 0.15) is 26.3 Å². The lowest BCUT2D eigenvalue weighted by atomic mass is 10.1. The number of carbonyl (C=O) groups is 2. The molecule has 8 nitrogen and oxygen atoms in total. The van der Waals surface area contributed by atoms with Gasteiger partial charge in [0.25, 0.3) is 11.8 Å². The lowest BCUT2D eigenvalue weighted by Crippen LogP contribution is -2.41. The van der Waals surface area contributed by atoms with Gasteiger partial charge in [-0.3, -0.25) is 20.4 Å². The molecule has 160 valence electrons. The molecule has 0 spiro atoms. The molecule has 0 aliphatic carbocycles. The van der Waals surface area contributed by atoms with Gasteiger partial charge in [0.15, 0.2) is 0 Å². The molecule has 0 atom stereocenters. The smallest absolute Gasteiger partial charge is 0.267 e. The third-order valence-corrected chi connectivity index (χ3v) is 5.15. The number of hydrazine groups is 1. The Morgan fingerprint density at radius 1 is 0.938 bits per heavy atom. The molecular weight excluding hydrogens is 479 g/mol. The number of nitrogens with zero attached hydrogens (tertiary/aromatic N) is 4. The Hall–Kier alpha value is -3.92. The molecule has 0 radical (unpaired) electrons. The molecule has 3 aromatic carbocycles. The molecule has 4 rings (SSSR count). The topological polar surface area (TPSA) is 102 Å². The van der Waals surface area contributed by atoms with Crippen LogP contribution in [0, 0.1) is 5.82 Å². The van der Waals surface area contributed by atoms with Crippen LogP contribution < -0.4 is 10.9 Å². The monoisotopic (exact) mass is 494 g/mol. The van der Waals surface area contributed by atoms with E-state index in [0.29, 0.717) is 17.9 Å². The van der Waals surface area contributed by atoms with Crippen molar-refractivity contribution in [2.75, 3.05) is 0 Å². The second-order valence-corrected chi connectivity index (χ2v) is 7.59. The van der Waals surface area contributed by atoms with Crippen molar-refractivity contribution in [1.29, 1.82) is 0 Å². The largest absolute Gasteiger partial charge is 0.270 e. The lowest BCUT2D eigenvalue weighted by Gasteiger charge is -2.09. The van der Waals surface area contributed by atoms with Gasteiger partial charge in [-0.2, -0.15) is 4.80 Å². The number of nitrogens with one attached hydrogen (secondary N) is 2. The van der Waals surface area contributed by atoms with Crippen LogP contribution in [0.25, 0.3) is 11.4 Å². The summed E-state index contributed by atoms with van der Waals surface area (Å²) in [6.07, 6.45) is 0. The first kappa shape index (κ1) is 21.3. The van der Waals surface area contributed by atoms with E-state index >= 15 is 0 Å². The number of halogens is 2. The fourth-order valence-corrected chi connectivity index (χ4v) is 3.40. The Bertz CT molecular complexity index is 1260. The van der Waals surface area contributed by atoms with Crippen molar-refractivity contribution in [3.63, 3.8) is 0 Å². The van der Waals surface area contributed by atoms with Gasteiger partial charge in [0.05, 0.1) is 12.1 Å². The van der Waals surface area contributed by atoms with E-state index in [9.17, 15) is 14.0 Å². The van der Waals surface area contributed by atoms with Gasteiger partial charge in [-0.15, -0.1) is 10.2 Å². The van der Waals surface area contributed by atoms with Crippen LogP contribution in [0.4, 0.5) is 4.39 Å². The molecule has 1 aromatic heterocycles. The van der Waals surface area contributed by atoms with Crippen molar-refractivity contribution < 1.29 is 14.0 Å². The van der Waals surface area contributed by atoms with Crippen molar-refractivity contribution >= 4 is 27.7 Å². The predicted octanol–water partition coefficient (Wildman–Crippen LogP) is 3.36. The van der Waals surface area contributed by atoms with Gasteiger partial charge in [0.1, 0.15) is 5.82 Å². The number of carbonyl (C=O) groups excluding carboxylic acids is 2. The molecule has 0 bridgehead atoms. The Labute approximate surface area is 190 Å². The fourth-order valence-electron chi connectivity index (χ4n) is 2.86. The minimum Gasteiger partial charge on any atom is -0.267 e. The lowest BCUT2D eigenvalue weighted by molar-refractivity contribution is 0.0846. The summed E-state index contributed by atoms with van der Waals surface area (Å²) in [5, 5.41) is 12.5.